The van der Waals surface area contributed by atoms with E-state index < -0.39 is 11.7 Å². The summed E-state index contributed by atoms with van der Waals surface area (Å²) in [7, 11) is 3.08. The Kier molecular flexibility index (Phi) is 7.91. The number of hydrogen-bond acceptors (Lipinski definition) is 3. The Balaban J connectivity index is 1.62. The summed E-state index contributed by atoms with van der Waals surface area (Å²) in [6.45, 7) is 0.634. The van der Waals surface area contributed by atoms with Crippen molar-refractivity contribution in [3.8, 4) is 11.5 Å². The van der Waals surface area contributed by atoms with Crippen LogP contribution in [0.2, 0.25) is 0 Å². The molecule has 1 aromatic heterocycles. The van der Waals surface area contributed by atoms with Crippen molar-refractivity contribution < 1.29 is 27.4 Å². The molecule has 0 bridgehead atoms. The van der Waals surface area contributed by atoms with Gasteiger partial charge in [-0.2, -0.15) is 13.2 Å². The minimum absolute atomic E-state index is 0.0787. The first-order chi connectivity index (χ1) is 17.3. The van der Waals surface area contributed by atoms with E-state index in [-0.39, 0.29) is 18.5 Å². The van der Waals surface area contributed by atoms with E-state index in [2.05, 4.69) is 0 Å². The number of nitrogens with zero attached hydrogens (tertiary/aromatic N) is 2. The molecule has 1 saturated carbocycles. The molecule has 1 aliphatic rings. The SMILES string of the molecule is COc1ccc(C(=O)N(Cc2cccn2Cc2cccc(C(F)(F)F)c2)C2CCCCC2)c(OC)c1. The van der Waals surface area contributed by atoms with E-state index in [0.29, 0.717) is 29.2 Å². The molecule has 192 valence electrons. The minimum atomic E-state index is -4.39. The zero-order chi connectivity index (χ0) is 25.7. The Morgan fingerprint density at radius 2 is 1.78 bits per heavy atom. The van der Waals surface area contributed by atoms with Gasteiger partial charge in [-0.05, 0) is 54.8 Å². The molecule has 0 unspecified atom stereocenters. The maximum absolute atomic E-state index is 13.8. The maximum Gasteiger partial charge on any atom is 0.416 e. The summed E-state index contributed by atoms with van der Waals surface area (Å²) in [5.74, 6) is 0.912. The number of ether oxygens (including phenoxy) is 2. The highest BCUT2D eigenvalue weighted by molar-refractivity contribution is 5.97. The lowest BCUT2D eigenvalue weighted by molar-refractivity contribution is -0.137. The summed E-state index contributed by atoms with van der Waals surface area (Å²) in [5, 5.41) is 0. The summed E-state index contributed by atoms with van der Waals surface area (Å²) >= 11 is 0. The van der Waals surface area contributed by atoms with Gasteiger partial charge in [0.1, 0.15) is 11.5 Å². The monoisotopic (exact) mass is 500 g/mol. The van der Waals surface area contributed by atoms with Gasteiger partial charge in [0.05, 0.1) is 31.9 Å². The van der Waals surface area contributed by atoms with E-state index in [1.165, 1.54) is 19.2 Å². The van der Waals surface area contributed by atoms with Gasteiger partial charge >= 0.3 is 6.18 Å². The number of methoxy groups -OCH3 is 2. The van der Waals surface area contributed by atoms with Crippen molar-refractivity contribution >= 4 is 5.91 Å². The lowest BCUT2D eigenvalue weighted by atomic mass is 9.93. The number of halogens is 3. The first-order valence-corrected chi connectivity index (χ1v) is 12.1. The van der Waals surface area contributed by atoms with Crippen LogP contribution >= 0.6 is 0 Å². The largest absolute Gasteiger partial charge is 0.497 e. The van der Waals surface area contributed by atoms with Crippen LogP contribution < -0.4 is 9.47 Å². The topological polar surface area (TPSA) is 43.7 Å². The summed E-state index contributed by atoms with van der Waals surface area (Å²) < 4.78 is 52.3. The van der Waals surface area contributed by atoms with Crippen LogP contribution in [0.5, 0.6) is 11.5 Å². The number of alkyl halides is 3. The smallest absolute Gasteiger partial charge is 0.416 e. The highest BCUT2D eigenvalue weighted by Crippen LogP contribution is 2.32. The summed E-state index contributed by atoms with van der Waals surface area (Å²) in [4.78, 5) is 15.7. The van der Waals surface area contributed by atoms with E-state index in [0.717, 1.165) is 43.9 Å². The molecule has 1 fully saturated rings. The second kappa shape index (κ2) is 11.1. The van der Waals surface area contributed by atoms with Crippen LogP contribution in [-0.4, -0.2) is 35.6 Å². The van der Waals surface area contributed by atoms with Gasteiger partial charge < -0.3 is 18.9 Å². The lowest BCUT2D eigenvalue weighted by Crippen LogP contribution is -2.41. The molecule has 3 aromatic rings. The molecule has 8 heteroatoms. The Morgan fingerprint density at radius 3 is 2.47 bits per heavy atom. The first-order valence-electron chi connectivity index (χ1n) is 12.1. The Hall–Kier alpha value is -3.42. The quantitative estimate of drug-likeness (QED) is 0.352. The Bertz CT molecular complexity index is 1180. The zero-order valence-corrected chi connectivity index (χ0v) is 20.6. The maximum atomic E-state index is 13.8. The molecule has 1 amide bonds. The standard InChI is InChI=1S/C28H31F3N2O3/c1-35-24-13-14-25(26(17-24)36-2)27(34)33(22-10-4-3-5-11-22)19-23-12-7-15-32(23)18-20-8-6-9-21(16-20)28(29,30)31/h6-9,12-17,22H,3-5,10-11,18-19H2,1-2H3. The van der Waals surface area contributed by atoms with Crippen molar-refractivity contribution in [2.75, 3.05) is 14.2 Å². The van der Waals surface area contributed by atoms with E-state index in [4.69, 9.17) is 9.47 Å². The van der Waals surface area contributed by atoms with Gasteiger partial charge in [-0.15, -0.1) is 0 Å². The molecule has 0 radical (unpaired) electrons. The van der Waals surface area contributed by atoms with Gasteiger partial charge in [0.15, 0.2) is 0 Å². The van der Waals surface area contributed by atoms with Gasteiger partial charge in [0, 0.05) is 30.5 Å². The van der Waals surface area contributed by atoms with Gasteiger partial charge in [-0.25, -0.2) is 0 Å². The van der Waals surface area contributed by atoms with Gasteiger partial charge in [-0.1, -0.05) is 31.4 Å². The van der Waals surface area contributed by atoms with Crippen molar-refractivity contribution in [3.05, 3.63) is 83.2 Å². The number of rotatable bonds is 8. The van der Waals surface area contributed by atoms with E-state index in [1.54, 1.807) is 31.4 Å². The molecule has 1 aliphatic carbocycles. The molecule has 0 N–H and O–H groups in total. The number of benzene rings is 2. The summed E-state index contributed by atoms with van der Waals surface area (Å²) in [6, 6.07) is 14.4. The second-order valence-corrected chi connectivity index (χ2v) is 9.12. The van der Waals surface area contributed by atoms with Crippen LogP contribution in [0.15, 0.2) is 60.8 Å². The Morgan fingerprint density at radius 1 is 1.00 bits per heavy atom. The minimum Gasteiger partial charge on any atom is -0.497 e. The molecule has 0 aliphatic heterocycles. The molecule has 0 spiro atoms. The predicted octanol–water partition coefficient (Wildman–Crippen LogP) is 6.55. The third-order valence-electron chi connectivity index (χ3n) is 6.78. The lowest BCUT2D eigenvalue weighted by Gasteiger charge is -2.35. The fourth-order valence-electron chi connectivity index (χ4n) is 4.85. The van der Waals surface area contributed by atoms with Crippen LogP contribution in [0.3, 0.4) is 0 Å². The Labute approximate surface area is 209 Å². The molecular formula is C28H31F3N2O3. The molecule has 2 aromatic carbocycles. The number of carbonyl (C=O) groups is 1. The van der Waals surface area contributed by atoms with E-state index >= 15 is 0 Å². The third-order valence-corrected chi connectivity index (χ3v) is 6.78. The third kappa shape index (κ3) is 5.86. The molecule has 1 heterocycles. The molecule has 4 rings (SSSR count). The molecule has 36 heavy (non-hydrogen) atoms. The number of carbonyl (C=O) groups excluding carboxylic acids is 1. The number of aromatic nitrogens is 1. The summed E-state index contributed by atoms with van der Waals surface area (Å²) in [6.07, 6.45) is 2.54. The predicted molar refractivity (Wildman–Crippen MR) is 131 cm³/mol. The summed E-state index contributed by atoms with van der Waals surface area (Å²) in [5.41, 5.74) is 1.20. The van der Waals surface area contributed by atoms with Crippen molar-refractivity contribution in [2.24, 2.45) is 0 Å². The van der Waals surface area contributed by atoms with Gasteiger partial charge in [0.25, 0.3) is 5.91 Å². The average molecular weight is 501 g/mol. The highest BCUT2D eigenvalue weighted by Gasteiger charge is 2.31. The fourth-order valence-corrected chi connectivity index (χ4v) is 4.85. The van der Waals surface area contributed by atoms with Crippen molar-refractivity contribution in [1.29, 1.82) is 0 Å². The number of hydrogen-bond donors (Lipinski definition) is 0. The first kappa shape index (κ1) is 25.7. The van der Waals surface area contributed by atoms with Crippen LogP contribution in [0.25, 0.3) is 0 Å². The van der Waals surface area contributed by atoms with Crippen molar-refractivity contribution in [1.82, 2.24) is 9.47 Å². The van der Waals surface area contributed by atoms with Crippen LogP contribution in [0.4, 0.5) is 13.2 Å². The molecule has 5 nitrogen and oxygen atoms in total. The van der Waals surface area contributed by atoms with Gasteiger partial charge in [-0.3, -0.25) is 4.79 Å². The number of amides is 1. The van der Waals surface area contributed by atoms with Crippen molar-refractivity contribution in [3.63, 3.8) is 0 Å². The zero-order valence-electron chi connectivity index (χ0n) is 20.6. The highest BCUT2D eigenvalue weighted by atomic mass is 19.4. The fraction of sp³-hybridized carbons (Fsp3) is 0.393. The molecule has 0 saturated heterocycles. The second-order valence-electron chi connectivity index (χ2n) is 9.12. The van der Waals surface area contributed by atoms with E-state index in [9.17, 15) is 18.0 Å². The average Bonchev–Trinajstić information content (AvgIpc) is 3.33. The van der Waals surface area contributed by atoms with Crippen LogP contribution in [-0.2, 0) is 19.3 Å². The molecule has 0 atom stereocenters. The van der Waals surface area contributed by atoms with Crippen molar-refractivity contribution in [2.45, 2.75) is 57.4 Å². The van der Waals surface area contributed by atoms with Crippen LogP contribution in [0.1, 0.15) is 59.3 Å². The normalized spacial score (nSPS) is 14.5. The van der Waals surface area contributed by atoms with Gasteiger partial charge in [0.2, 0.25) is 0 Å². The van der Waals surface area contributed by atoms with E-state index in [1.807, 2.05) is 27.8 Å². The van der Waals surface area contributed by atoms with Crippen LogP contribution in [0, 0.1) is 0 Å². The molecular weight excluding hydrogens is 469 g/mol.